The molecule has 1 heterocycles. The molecule has 1 N–H and O–H groups in total. The predicted octanol–water partition coefficient (Wildman–Crippen LogP) is -0.383. The van der Waals surface area contributed by atoms with Crippen molar-refractivity contribution >= 4 is 22.0 Å². The maximum atomic E-state index is 11.9. The fourth-order valence-electron chi connectivity index (χ4n) is 1.98. The summed E-state index contributed by atoms with van der Waals surface area (Å²) < 4.78 is 30.1. The topological polar surface area (TPSA) is 96.0 Å². The van der Waals surface area contributed by atoms with Crippen LogP contribution in [0.25, 0.3) is 0 Å². The average Bonchev–Trinajstić information content (AvgIpc) is 2.45. The molecule has 2 amide bonds. The van der Waals surface area contributed by atoms with Gasteiger partial charge in [0.25, 0.3) is 0 Å². The predicted molar refractivity (Wildman–Crippen MR) is 77.3 cm³/mol. The lowest BCUT2D eigenvalue weighted by atomic mass is 10.3. The van der Waals surface area contributed by atoms with Crippen molar-refractivity contribution in [2.45, 2.75) is 20.3 Å². The summed E-state index contributed by atoms with van der Waals surface area (Å²) in [6.07, 6.45) is 0.120. The van der Waals surface area contributed by atoms with Gasteiger partial charge in [-0.05, 0) is 13.3 Å². The summed E-state index contributed by atoms with van der Waals surface area (Å²) in [7, 11) is -3.38. The molecule has 0 aromatic heterocycles. The number of hydrogen-bond donors (Lipinski definition) is 1. The summed E-state index contributed by atoms with van der Waals surface area (Å²) in [5, 5.41) is 0. The first-order chi connectivity index (χ1) is 9.89. The first kappa shape index (κ1) is 17.7. The van der Waals surface area contributed by atoms with Crippen LogP contribution in [0.4, 0.5) is 4.79 Å². The van der Waals surface area contributed by atoms with E-state index in [9.17, 15) is 18.0 Å². The molecular weight excluding hydrogens is 298 g/mol. The summed E-state index contributed by atoms with van der Waals surface area (Å²) in [5.74, 6) is -0.269. The molecule has 1 fully saturated rings. The Balaban J connectivity index is 2.37. The molecule has 0 bridgehead atoms. The standard InChI is InChI=1S/C12H23N3O5S/c1-3-9-21(18,19)13-10-11(16)14-5-7-15(8-6-14)12(17)20-4-2/h13H,3-10H2,1-2H3. The average molecular weight is 321 g/mol. The van der Waals surface area contributed by atoms with Crippen LogP contribution >= 0.6 is 0 Å². The summed E-state index contributed by atoms with van der Waals surface area (Å²) in [6.45, 7) is 5.13. The Morgan fingerprint density at radius 2 is 1.67 bits per heavy atom. The summed E-state index contributed by atoms with van der Waals surface area (Å²) >= 11 is 0. The van der Waals surface area contributed by atoms with Gasteiger partial charge in [-0.15, -0.1) is 0 Å². The van der Waals surface area contributed by atoms with Crippen molar-refractivity contribution in [3.05, 3.63) is 0 Å². The van der Waals surface area contributed by atoms with Crippen LogP contribution < -0.4 is 4.72 Å². The van der Waals surface area contributed by atoms with E-state index >= 15 is 0 Å². The zero-order valence-electron chi connectivity index (χ0n) is 12.5. The molecule has 0 spiro atoms. The molecule has 0 aliphatic carbocycles. The van der Waals surface area contributed by atoms with E-state index in [1.807, 2.05) is 0 Å². The van der Waals surface area contributed by atoms with Crippen LogP contribution in [0.3, 0.4) is 0 Å². The zero-order valence-corrected chi connectivity index (χ0v) is 13.3. The van der Waals surface area contributed by atoms with Crippen LogP contribution in [0.15, 0.2) is 0 Å². The second-order valence-corrected chi connectivity index (χ2v) is 6.63. The Bertz CT molecular complexity index is 458. The molecule has 0 aromatic rings. The lowest BCUT2D eigenvalue weighted by Gasteiger charge is -2.34. The van der Waals surface area contributed by atoms with E-state index in [1.165, 1.54) is 4.90 Å². The molecule has 122 valence electrons. The molecule has 1 aliphatic rings. The molecule has 1 rings (SSSR count). The van der Waals surface area contributed by atoms with E-state index in [0.29, 0.717) is 39.2 Å². The van der Waals surface area contributed by atoms with Gasteiger partial charge in [0.15, 0.2) is 0 Å². The molecule has 8 nitrogen and oxygen atoms in total. The van der Waals surface area contributed by atoms with Crippen LogP contribution in [-0.4, -0.2) is 75.3 Å². The summed E-state index contributed by atoms with van der Waals surface area (Å²) in [6, 6.07) is 0. The van der Waals surface area contributed by atoms with Gasteiger partial charge in [0.1, 0.15) is 0 Å². The van der Waals surface area contributed by atoms with Crippen molar-refractivity contribution in [3.8, 4) is 0 Å². The van der Waals surface area contributed by atoms with Crippen LogP contribution in [0.5, 0.6) is 0 Å². The molecule has 9 heteroatoms. The normalized spacial score (nSPS) is 15.9. The lowest BCUT2D eigenvalue weighted by Crippen LogP contribution is -2.52. The number of hydrogen-bond acceptors (Lipinski definition) is 5. The van der Waals surface area contributed by atoms with E-state index in [2.05, 4.69) is 4.72 Å². The number of piperazine rings is 1. The van der Waals surface area contributed by atoms with Gasteiger partial charge in [-0.3, -0.25) is 4.79 Å². The van der Waals surface area contributed by atoms with Crippen molar-refractivity contribution < 1.29 is 22.7 Å². The Morgan fingerprint density at radius 1 is 1.10 bits per heavy atom. The van der Waals surface area contributed by atoms with Crippen molar-refractivity contribution in [3.63, 3.8) is 0 Å². The van der Waals surface area contributed by atoms with Gasteiger partial charge in [-0.25, -0.2) is 17.9 Å². The number of rotatable bonds is 6. The maximum Gasteiger partial charge on any atom is 0.409 e. The maximum absolute atomic E-state index is 11.9. The van der Waals surface area contributed by atoms with E-state index in [0.717, 1.165) is 0 Å². The highest BCUT2D eigenvalue weighted by molar-refractivity contribution is 7.89. The van der Waals surface area contributed by atoms with Crippen LogP contribution in [-0.2, 0) is 19.6 Å². The smallest absolute Gasteiger partial charge is 0.409 e. The van der Waals surface area contributed by atoms with Gasteiger partial charge < -0.3 is 14.5 Å². The fourth-order valence-corrected chi connectivity index (χ4v) is 3.00. The number of carbonyl (C=O) groups excluding carboxylic acids is 2. The Kier molecular flexibility index (Phi) is 6.90. The third-order valence-corrected chi connectivity index (χ3v) is 4.60. The van der Waals surface area contributed by atoms with Crippen molar-refractivity contribution in [1.82, 2.24) is 14.5 Å². The van der Waals surface area contributed by atoms with E-state index in [-0.39, 0.29) is 24.3 Å². The highest BCUT2D eigenvalue weighted by Gasteiger charge is 2.25. The second-order valence-electron chi connectivity index (χ2n) is 4.71. The van der Waals surface area contributed by atoms with Crippen molar-refractivity contribution in [1.29, 1.82) is 0 Å². The Hall–Kier alpha value is -1.35. The van der Waals surface area contributed by atoms with Crippen LogP contribution in [0.2, 0.25) is 0 Å². The fraction of sp³-hybridized carbons (Fsp3) is 0.833. The third-order valence-electron chi connectivity index (χ3n) is 3.07. The first-order valence-corrected chi connectivity index (χ1v) is 8.71. The number of nitrogens with zero attached hydrogens (tertiary/aromatic N) is 2. The highest BCUT2D eigenvalue weighted by Crippen LogP contribution is 2.04. The van der Waals surface area contributed by atoms with Crippen LogP contribution in [0, 0.1) is 0 Å². The van der Waals surface area contributed by atoms with Gasteiger partial charge >= 0.3 is 6.09 Å². The van der Waals surface area contributed by atoms with Gasteiger partial charge in [-0.2, -0.15) is 0 Å². The SMILES string of the molecule is CCCS(=O)(=O)NCC(=O)N1CCN(C(=O)OCC)CC1. The quantitative estimate of drug-likeness (QED) is 0.719. The molecule has 0 aromatic carbocycles. The van der Waals surface area contributed by atoms with Crippen molar-refractivity contribution in [2.24, 2.45) is 0 Å². The van der Waals surface area contributed by atoms with Gasteiger partial charge in [0.05, 0.1) is 18.9 Å². The van der Waals surface area contributed by atoms with Gasteiger partial charge in [0, 0.05) is 26.2 Å². The zero-order chi connectivity index (χ0) is 15.9. The second kappa shape index (κ2) is 8.18. The van der Waals surface area contributed by atoms with Gasteiger partial charge in [0.2, 0.25) is 15.9 Å². The highest BCUT2D eigenvalue weighted by atomic mass is 32.2. The van der Waals surface area contributed by atoms with E-state index in [1.54, 1.807) is 18.7 Å². The number of ether oxygens (including phenoxy) is 1. The number of amides is 2. The number of carbonyl (C=O) groups is 2. The lowest BCUT2D eigenvalue weighted by molar-refractivity contribution is -0.131. The summed E-state index contributed by atoms with van der Waals surface area (Å²) in [5.41, 5.74) is 0. The number of nitrogens with one attached hydrogen (secondary N) is 1. The Morgan fingerprint density at radius 3 is 2.19 bits per heavy atom. The molecule has 0 radical (unpaired) electrons. The molecule has 1 aliphatic heterocycles. The minimum atomic E-state index is -3.38. The minimum absolute atomic E-state index is 0.0108. The summed E-state index contributed by atoms with van der Waals surface area (Å²) in [4.78, 5) is 26.5. The minimum Gasteiger partial charge on any atom is -0.450 e. The largest absolute Gasteiger partial charge is 0.450 e. The van der Waals surface area contributed by atoms with Crippen molar-refractivity contribution in [2.75, 3.05) is 45.1 Å². The van der Waals surface area contributed by atoms with E-state index < -0.39 is 10.0 Å². The molecule has 0 atom stereocenters. The van der Waals surface area contributed by atoms with Gasteiger partial charge in [-0.1, -0.05) is 6.92 Å². The first-order valence-electron chi connectivity index (χ1n) is 7.06. The molecule has 0 unspecified atom stereocenters. The van der Waals surface area contributed by atoms with E-state index in [4.69, 9.17) is 4.74 Å². The number of sulfonamides is 1. The van der Waals surface area contributed by atoms with Crippen LogP contribution in [0.1, 0.15) is 20.3 Å². The monoisotopic (exact) mass is 321 g/mol. The molecule has 0 saturated carbocycles. The Labute approximate surface area is 125 Å². The molecule has 21 heavy (non-hydrogen) atoms. The third kappa shape index (κ3) is 5.88. The molecule has 1 saturated heterocycles. The molecular formula is C12H23N3O5S.